The average molecular weight is 466 g/mol. The molecule has 1 aromatic heterocycles. The SMILES string of the molecule is O=c1c(=Cc2ccccc2)sc2n1C(c1cccc([N+](=O)[O-])c1)C1=C(N=2)c2ccccc2CC1. The third kappa shape index (κ3) is 3.33. The van der Waals surface area contributed by atoms with Crippen LogP contribution in [0.4, 0.5) is 5.69 Å². The minimum atomic E-state index is -0.433. The highest BCUT2D eigenvalue weighted by atomic mass is 32.1. The molecule has 0 saturated carbocycles. The summed E-state index contributed by atoms with van der Waals surface area (Å²) in [5.74, 6) is 0. The van der Waals surface area contributed by atoms with Crippen molar-refractivity contribution >= 4 is 28.8 Å². The van der Waals surface area contributed by atoms with Crippen molar-refractivity contribution in [2.45, 2.75) is 18.9 Å². The zero-order valence-corrected chi connectivity index (χ0v) is 18.9. The van der Waals surface area contributed by atoms with Gasteiger partial charge in [-0.15, -0.1) is 0 Å². The maximum absolute atomic E-state index is 13.7. The van der Waals surface area contributed by atoms with Gasteiger partial charge in [0.25, 0.3) is 11.2 Å². The molecule has 0 radical (unpaired) electrons. The van der Waals surface area contributed by atoms with E-state index in [1.165, 1.54) is 23.0 Å². The van der Waals surface area contributed by atoms with Crippen molar-refractivity contribution < 1.29 is 4.92 Å². The van der Waals surface area contributed by atoms with Crippen molar-refractivity contribution in [3.05, 3.63) is 136 Å². The van der Waals surface area contributed by atoms with E-state index in [-0.39, 0.29) is 11.2 Å². The maximum atomic E-state index is 13.7. The molecule has 0 saturated heterocycles. The summed E-state index contributed by atoms with van der Waals surface area (Å²) >= 11 is 1.36. The van der Waals surface area contributed by atoms with Crippen LogP contribution >= 0.6 is 11.3 Å². The molecule has 166 valence electrons. The highest BCUT2D eigenvalue weighted by Crippen LogP contribution is 2.41. The number of aromatic nitrogens is 1. The first-order chi connectivity index (χ1) is 16.6. The van der Waals surface area contributed by atoms with Crippen molar-refractivity contribution in [3.8, 4) is 0 Å². The van der Waals surface area contributed by atoms with Crippen molar-refractivity contribution in [3.63, 3.8) is 0 Å². The number of thiazole rings is 1. The van der Waals surface area contributed by atoms with Crippen LogP contribution in [0.25, 0.3) is 11.8 Å². The first kappa shape index (κ1) is 20.5. The van der Waals surface area contributed by atoms with Crippen molar-refractivity contribution in [1.29, 1.82) is 0 Å². The van der Waals surface area contributed by atoms with Crippen molar-refractivity contribution in [2.75, 3.05) is 0 Å². The number of nitro benzene ring substituents is 1. The van der Waals surface area contributed by atoms with Gasteiger partial charge in [-0.2, -0.15) is 0 Å². The molecule has 6 rings (SSSR count). The molecule has 3 aromatic carbocycles. The van der Waals surface area contributed by atoms with Gasteiger partial charge in [0.1, 0.15) is 0 Å². The summed E-state index contributed by atoms with van der Waals surface area (Å²) in [6.07, 6.45) is 3.46. The molecular weight excluding hydrogens is 446 g/mol. The smallest absolute Gasteiger partial charge is 0.271 e. The third-order valence-electron chi connectivity index (χ3n) is 6.37. The predicted octanol–water partition coefficient (Wildman–Crippen LogP) is 4.23. The molecule has 6 nitrogen and oxygen atoms in total. The van der Waals surface area contributed by atoms with Crippen LogP contribution in [-0.2, 0) is 6.42 Å². The van der Waals surface area contributed by atoms with Crippen molar-refractivity contribution in [2.24, 2.45) is 4.99 Å². The number of aryl methyl sites for hydroxylation is 1. The largest absolute Gasteiger partial charge is 0.272 e. The molecule has 2 aliphatic rings. The Labute approximate surface area is 198 Å². The summed E-state index contributed by atoms with van der Waals surface area (Å²) in [5, 5.41) is 11.5. The number of benzene rings is 3. The number of hydrogen-bond acceptors (Lipinski definition) is 5. The van der Waals surface area contributed by atoms with Gasteiger partial charge in [-0.05, 0) is 41.2 Å². The number of nitro groups is 1. The zero-order valence-electron chi connectivity index (χ0n) is 18.0. The lowest BCUT2D eigenvalue weighted by atomic mass is 9.83. The number of hydrogen-bond donors (Lipinski definition) is 0. The maximum Gasteiger partial charge on any atom is 0.271 e. The number of nitrogens with zero attached hydrogens (tertiary/aromatic N) is 3. The van der Waals surface area contributed by atoms with Crippen LogP contribution in [0.1, 0.15) is 34.7 Å². The van der Waals surface area contributed by atoms with Crippen molar-refractivity contribution in [1.82, 2.24) is 4.57 Å². The molecule has 0 N–H and O–H groups in total. The second-order valence-corrected chi connectivity index (χ2v) is 9.39. The number of fused-ring (bicyclic) bond motifs is 3. The Bertz CT molecular complexity index is 1670. The first-order valence-corrected chi connectivity index (χ1v) is 11.8. The van der Waals surface area contributed by atoms with E-state index < -0.39 is 11.0 Å². The summed E-state index contributed by atoms with van der Waals surface area (Å²) in [6.45, 7) is 0. The summed E-state index contributed by atoms with van der Waals surface area (Å²) in [6, 6.07) is 24.1. The van der Waals surface area contributed by atoms with Gasteiger partial charge in [0.05, 0.1) is 21.2 Å². The van der Waals surface area contributed by atoms with Gasteiger partial charge in [-0.3, -0.25) is 19.5 Å². The summed E-state index contributed by atoms with van der Waals surface area (Å²) < 4.78 is 2.30. The van der Waals surface area contributed by atoms with E-state index in [9.17, 15) is 14.9 Å². The molecular formula is C27H19N3O3S. The molecule has 4 aromatic rings. The second-order valence-electron chi connectivity index (χ2n) is 8.38. The summed E-state index contributed by atoms with van der Waals surface area (Å²) in [4.78, 5) is 30.4. The van der Waals surface area contributed by atoms with Crippen LogP contribution < -0.4 is 14.9 Å². The van der Waals surface area contributed by atoms with Crippen LogP contribution in [0.3, 0.4) is 0 Å². The number of rotatable bonds is 3. The van der Waals surface area contributed by atoms with E-state index in [4.69, 9.17) is 4.99 Å². The van der Waals surface area contributed by atoms with E-state index in [1.54, 1.807) is 16.7 Å². The first-order valence-electron chi connectivity index (χ1n) is 11.0. The van der Waals surface area contributed by atoms with E-state index in [0.717, 1.165) is 40.8 Å². The van der Waals surface area contributed by atoms with Crippen LogP contribution in [0, 0.1) is 10.1 Å². The van der Waals surface area contributed by atoms with E-state index in [1.807, 2.05) is 54.6 Å². The lowest BCUT2D eigenvalue weighted by Gasteiger charge is -2.30. The monoisotopic (exact) mass is 465 g/mol. The van der Waals surface area contributed by atoms with Crippen LogP contribution in [0.2, 0.25) is 0 Å². The molecule has 0 bridgehead atoms. The Balaban J connectivity index is 1.64. The van der Waals surface area contributed by atoms with E-state index >= 15 is 0 Å². The fourth-order valence-electron chi connectivity index (χ4n) is 4.83. The Kier molecular flexibility index (Phi) is 4.85. The van der Waals surface area contributed by atoms with Gasteiger partial charge >= 0.3 is 0 Å². The van der Waals surface area contributed by atoms with Gasteiger partial charge < -0.3 is 0 Å². The number of non-ortho nitro benzene ring substituents is 1. The quantitative estimate of drug-likeness (QED) is 0.336. The van der Waals surface area contributed by atoms with Crippen LogP contribution in [-0.4, -0.2) is 9.49 Å². The normalized spacial score (nSPS) is 16.9. The van der Waals surface area contributed by atoms with E-state index in [0.29, 0.717) is 9.33 Å². The second kappa shape index (κ2) is 8.04. The van der Waals surface area contributed by atoms with Gasteiger partial charge in [-0.25, -0.2) is 4.99 Å². The fourth-order valence-corrected chi connectivity index (χ4v) is 5.83. The third-order valence-corrected chi connectivity index (χ3v) is 7.35. The van der Waals surface area contributed by atoms with Gasteiger partial charge in [-0.1, -0.05) is 78.1 Å². The fraction of sp³-hybridized carbons (Fsp3) is 0.111. The molecule has 34 heavy (non-hydrogen) atoms. The highest BCUT2D eigenvalue weighted by molar-refractivity contribution is 7.07. The molecule has 1 unspecified atom stereocenters. The molecule has 1 aliphatic heterocycles. The molecule has 0 amide bonds. The van der Waals surface area contributed by atoms with Gasteiger partial charge in [0.2, 0.25) is 0 Å². The zero-order chi connectivity index (χ0) is 23.2. The van der Waals surface area contributed by atoms with Crippen LogP contribution in [0.5, 0.6) is 0 Å². The van der Waals surface area contributed by atoms with E-state index in [2.05, 4.69) is 12.1 Å². The molecule has 1 aliphatic carbocycles. The summed E-state index contributed by atoms with van der Waals surface area (Å²) in [7, 11) is 0. The molecule has 0 fully saturated rings. The van der Waals surface area contributed by atoms with Gasteiger partial charge in [0.15, 0.2) is 4.80 Å². The Morgan fingerprint density at radius 1 is 1.00 bits per heavy atom. The highest BCUT2D eigenvalue weighted by Gasteiger charge is 2.33. The average Bonchev–Trinajstić information content (AvgIpc) is 3.17. The minimum Gasteiger partial charge on any atom is -0.272 e. The molecule has 0 spiro atoms. The number of allylic oxidation sites excluding steroid dienone is 1. The van der Waals surface area contributed by atoms with Crippen LogP contribution in [0.15, 0.2) is 94.2 Å². The summed E-state index contributed by atoms with van der Waals surface area (Å²) in [5.41, 5.74) is 5.75. The lowest BCUT2D eigenvalue weighted by molar-refractivity contribution is -0.384. The Morgan fingerprint density at radius 2 is 1.79 bits per heavy atom. The molecule has 2 heterocycles. The Morgan fingerprint density at radius 3 is 2.62 bits per heavy atom. The molecule has 7 heteroatoms. The van der Waals surface area contributed by atoms with Gasteiger partial charge in [0, 0.05) is 17.7 Å². The molecule has 1 atom stereocenters. The minimum absolute atomic E-state index is 0.0132. The lowest BCUT2D eigenvalue weighted by Crippen LogP contribution is -2.38. The standard InChI is InChI=1S/C27H19N3O3S/c31-26-23(15-17-7-2-1-3-8-17)34-27-28-24-21-12-5-4-9-18(21)13-14-22(24)25(29(26)27)19-10-6-11-20(16-19)30(32)33/h1-12,15-16,25H,13-14H2. The predicted molar refractivity (Wildman–Crippen MR) is 132 cm³/mol. The Hall–Kier alpha value is -4.10. The topological polar surface area (TPSA) is 77.5 Å².